The van der Waals surface area contributed by atoms with E-state index in [0.717, 1.165) is 12.8 Å². The van der Waals surface area contributed by atoms with E-state index in [4.69, 9.17) is 0 Å². The molecule has 2 aliphatic rings. The highest BCUT2D eigenvalue weighted by Gasteiger charge is 2.02. The molecule has 0 unspecified atom stereocenters. The van der Waals surface area contributed by atoms with Gasteiger partial charge in [-0.15, -0.1) is 0 Å². The summed E-state index contributed by atoms with van der Waals surface area (Å²) in [5.74, 6) is 0. The van der Waals surface area contributed by atoms with Crippen molar-refractivity contribution >= 4 is 0 Å². The van der Waals surface area contributed by atoms with Gasteiger partial charge in [-0.1, -0.05) is 60.8 Å². The van der Waals surface area contributed by atoms with Gasteiger partial charge in [-0.25, -0.2) is 0 Å². The van der Waals surface area contributed by atoms with Crippen LogP contribution >= 0.6 is 0 Å². The Morgan fingerprint density at radius 1 is 0.571 bits per heavy atom. The van der Waals surface area contributed by atoms with Crippen LogP contribution in [0.15, 0.2) is 71.9 Å². The molecule has 0 amide bonds. The first-order valence-electron chi connectivity index (χ1n) is 5.02. The van der Waals surface area contributed by atoms with Gasteiger partial charge in [0.2, 0.25) is 0 Å². The monoisotopic (exact) mass is 182 g/mol. The van der Waals surface area contributed by atoms with Crippen molar-refractivity contribution in [1.82, 2.24) is 0 Å². The van der Waals surface area contributed by atoms with Gasteiger partial charge in [-0.05, 0) is 24.0 Å². The Morgan fingerprint density at radius 3 is 1.57 bits per heavy atom. The Balaban J connectivity index is 2.22. The third-order valence-electron chi connectivity index (χ3n) is 2.40. The van der Waals surface area contributed by atoms with E-state index < -0.39 is 0 Å². The lowest BCUT2D eigenvalue weighted by Crippen LogP contribution is -1.86. The second-order valence-electron chi connectivity index (χ2n) is 3.42. The summed E-state index contributed by atoms with van der Waals surface area (Å²) in [6.07, 6.45) is 23.5. The molecule has 0 radical (unpaired) electrons. The second kappa shape index (κ2) is 4.61. The molecule has 0 aromatic carbocycles. The summed E-state index contributed by atoms with van der Waals surface area (Å²) in [6.45, 7) is 0. The third-order valence-corrected chi connectivity index (χ3v) is 2.40. The van der Waals surface area contributed by atoms with Crippen LogP contribution in [0.4, 0.5) is 0 Å². The largest absolute Gasteiger partial charge is 0.0801 e. The predicted octanol–water partition coefficient (Wildman–Crippen LogP) is 3.87. The van der Waals surface area contributed by atoms with Gasteiger partial charge < -0.3 is 0 Å². The van der Waals surface area contributed by atoms with Gasteiger partial charge in [0.05, 0.1) is 0 Å². The average molecular weight is 182 g/mol. The van der Waals surface area contributed by atoms with E-state index in [1.165, 1.54) is 11.1 Å². The first-order chi connectivity index (χ1) is 6.97. The van der Waals surface area contributed by atoms with Gasteiger partial charge in [0.25, 0.3) is 0 Å². The smallest absolute Gasteiger partial charge is 0.00915 e. The van der Waals surface area contributed by atoms with Crippen LogP contribution in [0.5, 0.6) is 0 Å². The summed E-state index contributed by atoms with van der Waals surface area (Å²) in [5.41, 5.74) is 2.84. The molecule has 0 nitrogen and oxygen atoms in total. The molecule has 0 spiro atoms. The summed E-state index contributed by atoms with van der Waals surface area (Å²) in [7, 11) is 0. The molecule has 0 aliphatic heterocycles. The molecular weight excluding hydrogens is 168 g/mol. The molecular formula is C14H14. The van der Waals surface area contributed by atoms with Crippen molar-refractivity contribution in [3.63, 3.8) is 0 Å². The normalized spacial score (nSPS) is 20.0. The Labute approximate surface area is 85.3 Å². The summed E-state index contributed by atoms with van der Waals surface area (Å²) in [5, 5.41) is 0. The summed E-state index contributed by atoms with van der Waals surface area (Å²) in [6, 6.07) is 0. The van der Waals surface area contributed by atoms with Gasteiger partial charge in [-0.2, -0.15) is 0 Å². The van der Waals surface area contributed by atoms with Crippen molar-refractivity contribution in [3.05, 3.63) is 71.9 Å². The molecule has 0 atom stereocenters. The van der Waals surface area contributed by atoms with Crippen LogP contribution in [-0.2, 0) is 0 Å². The van der Waals surface area contributed by atoms with E-state index in [-0.39, 0.29) is 0 Å². The molecule has 2 aliphatic carbocycles. The highest BCUT2D eigenvalue weighted by atomic mass is 14.1. The number of hydrogen-bond donors (Lipinski definition) is 0. The van der Waals surface area contributed by atoms with Crippen molar-refractivity contribution < 1.29 is 0 Å². The van der Waals surface area contributed by atoms with Crippen LogP contribution in [0.2, 0.25) is 0 Å². The number of rotatable bonds is 1. The second-order valence-corrected chi connectivity index (χ2v) is 3.42. The van der Waals surface area contributed by atoms with E-state index in [2.05, 4.69) is 60.8 Å². The summed E-state index contributed by atoms with van der Waals surface area (Å²) in [4.78, 5) is 0. The minimum Gasteiger partial charge on any atom is -0.0801 e. The first-order valence-corrected chi connectivity index (χ1v) is 5.02. The zero-order chi connectivity index (χ0) is 9.64. The van der Waals surface area contributed by atoms with Crippen LogP contribution in [0.25, 0.3) is 0 Å². The Morgan fingerprint density at radius 2 is 1.07 bits per heavy atom. The van der Waals surface area contributed by atoms with Crippen LogP contribution < -0.4 is 0 Å². The van der Waals surface area contributed by atoms with Gasteiger partial charge in [0.15, 0.2) is 0 Å². The zero-order valence-corrected chi connectivity index (χ0v) is 8.19. The van der Waals surface area contributed by atoms with Gasteiger partial charge in [0.1, 0.15) is 0 Å². The van der Waals surface area contributed by atoms with Gasteiger partial charge in [0, 0.05) is 0 Å². The fourth-order valence-electron chi connectivity index (χ4n) is 1.63. The van der Waals surface area contributed by atoms with Crippen LogP contribution in [0, 0.1) is 0 Å². The van der Waals surface area contributed by atoms with Crippen LogP contribution in [0.1, 0.15) is 12.8 Å². The molecule has 0 aromatic rings. The summed E-state index contributed by atoms with van der Waals surface area (Å²) < 4.78 is 0. The standard InChI is InChI=1S/C14H14/c1-2-6-10-13(9-5-1)14-11-7-3-4-8-12-14/h1-9,11H,10,12H2. The maximum Gasteiger partial charge on any atom is -0.00915 e. The molecule has 0 heteroatoms. The van der Waals surface area contributed by atoms with Crippen LogP contribution in [0.3, 0.4) is 0 Å². The van der Waals surface area contributed by atoms with E-state index >= 15 is 0 Å². The van der Waals surface area contributed by atoms with Gasteiger partial charge >= 0.3 is 0 Å². The maximum absolute atomic E-state index is 2.21. The highest BCUT2D eigenvalue weighted by Crippen LogP contribution is 2.21. The Kier molecular flexibility index (Phi) is 2.97. The van der Waals surface area contributed by atoms with Crippen LogP contribution in [-0.4, -0.2) is 0 Å². The highest BCUT2D eigenvalue weighted by molar-refractivity contribution is 5.42. The van der Waals surface area contributed by atoms with E-state index in [0.29, 0.717) is 0 Å². The first kappa shape index (κ1) is 9.01. The topological polar surface area (TPSA) is 0 Å². The molecule has 0 aromatic heterocycles. The summed E-state index contributed by atoms with van der Waals surface area (Å²) >= 11 is 0. The minimum absolute atomic E-state index is 1.04. The SMILES string of the molecule is C1=CC=C(C2=CC=CC=CC2)CC=C1. The van der Waals surface area contributed by atoms with Crippen molar-refractivity contribution in [3.8, 4) is 0 Å². The molecule has 70 valence electrons. The number of hydrogen-bond acceptors (Lipinski definition) is 0. The minimum atomic E-state index is 1.04. The molecule has 0 saturated carbocycles. The maximum atomic E-state index is 2.21. The van der Waals surface area contributed by atoms with Crippen molar-refractivity contribution in [2.75, 3.05) is 0 Å². The van der Waals surface area contributed by atoms with E-state index in [9.17, 15) is 0 Å². The molecule has 0 saturated heterocycles. The fourth-order valence-corrected chi connectivity index (χ4v) is 1.63. The van der Waals surface area contributed by atoms with Crippen molar-refractivity contribution in [1.29, 1.82) is 0 Å². The predicted molar refractivity (Wildman–Crippen MR) is 62.0 cm³/mol. The van der Waals surface area contributed by atoms with E-state index in [1.54, 1.807) is 0 Å². The van der Waals surface area contributed by atoms with Gasteiger partial charge in [-0.3, -0.25) is 0 Å². The third kappa shape index (κ3) is 2.23. The average Bonchev–Trinajstić information content (AvgIpc) is 2.62. The Bertz CT molecular complexity index is 333. The fraction of sp³-hybridized carbons (Fsp3) is 0.143. The molecule has 2 rings (SSSR count). The quantitative estimate of drug-likeness (QED) is 0.577. The molecule has 0 N–H and O–H groups in total. The molecule has 0 bridgehead atoms. The molecule has 0 fully saturated rings. The number of allylic oxidation sites excluding steroid dienone is 12. The van der Waals surface area contributed by atoms with E-state index in [1.807, 2.05) is 0 Å². The molecule has 0 heterocycles. The Hall–Kier alpha value is -1.56. The lowest BCUT2D eigenvalue weighted by Gasteiger charge is -2.06. The zero-order valence-electron chi connectivity index (χ0n) is 8.19. The van der Waals surface area contributed by atoms with Crippen molar-refractivity contribution in [2.45, 2.75) is 12.8 Å². The lowest BCUT2D eigenvalue weighted by atomic mass is 9.99. The van der Waals surface area contributed by atoms with Crippen molar-refractivity contribution in [2.24, 2.45) is 0 Å². The lowest BCUT2D eigenvalue weighted by molar-refractivity contribution is 1.14. The molecule has 14 heavy (non-hydrogen) atoms.